The van der Waals surface area contributed by atoms with Crippen molar-refractivity contribution in [2.75, 3.05) is 5.32 Å². The molecule has 1 aromatic heterocycles. The first-order chi connectivity index (χ1) is 12.6. The van der Waals surface area contributed by atoms with Crippen LogP contribution in [0.15, 0.2) is 67.3 Å². The molecule has 0 unspecified atom stereocenters. The third kappa shape index (κ3) is 5.07. The smallest absolute Gasteiger partial charge is 0.171 e. The highest BCUT2D eigenvalue weighted by molar-refractivity contribution is 7.80. The van der Waals surface area contributed by atoms with Crippen molar-refractivity contribution < 1.29 is 4.74 Å². The summed E-state index contributed by atoms with van der Waals surface area (Å²) in [4.78, 5) is 4.06. The Kier molecular flexibility index (Phi) is 5.86. The van der Waals surface area contributed by atoms with Gasteiger partial charge in [-0.05, 0) is 68.0 Å². The number of nitrogens with zero attached hydrogens (tertiary/aromatic N) is 2. The van der Waals surface area contributed by atoms with Crippen molar-refractivity contribution in [2.24, 2.45) is 0 Å². The molecule has 2 N–H and O–H groups in total. The molecule has 5 nitrogen and oxygen atoms in total. The second-order valence-electron chi connectivity index (χ2n) is 6.14. The quantitative estimate of drug-likeness (QED) is 0.642. The summed E-state index contributed by atoms with van der Waals surface area (Å²) in [5.41, 5.74) is 3.16. The third-order valence-electron chi connectivity index (χ3n) is 3.68. The maximum atomic E-state index is 5.63. The molecule has 0 bridgehead atoms. The van der Waals surface area contributed by atoms with Gasteiger partial charge in [-0.2, -0.15) is 0 Å². The largest absolute Gasteiger partial charge is 0.491 e. The number of thiocarbonyl (C=S) groups is 1. The molecule has 0 aliphatic heterocycles. The fourth-order valence-electron chi connectivity index (χ4n) is 2.44. The maximum Gasteiger partial charge on any atom is 0.171 e. The van der Waals surface area contributed by atoms with Crippen LogP contribution in [-0.2, 0) is 6.54 Å². The Bertz CT molecular complexity index is 827. The summed E-state index contributed by atoms with van der Waals surface area (Å²) >= 11 is 5.36. The summed E-state index contributed by atoms with van der Waals surface area (Å²) in [6.45, 7) is 4.67. The number of rotatable bonds is 6. The van der Waals surface area contributed by atoms with Crippen LogP contribution in [0.4, 0.5) is 5.69 Å². The van der Waals surface area contributed by atoms with E-state index in [2.05, 4.69) is 39.9 Å². The minimum absolute atomic E-state index is 0.164. The van der Waals surface area contributed by atoms with Gasteiger partial charge in [0.1, 0.15) is 5.75 Å². The second-order valence-corrected chi connectivity index (χ2v) is 6.54. The lowest BCUT2D eigenvalue weighted by Crippen LogP contribution is -2.27. The Morgan fingerprint density at radius 2 is 1.85 bits per heavy atom. The fraction of sp³-hybridized carbons (Fsp3) is 0.200. The molecular weight excluding hydrogens is 344 g/mol. The number of imidazole rings is 1. The molecular formula is C20H22N4OS. The molecule has 0 spiro atoms. The minimum Gasteiger partial charge on any atom is -0.491 e. The highest BCUT2D eigenvalue weighted by Gasteiger charge is 2.01. The van der Waals surface area contributed by atoms with Gasteiger partial charge in [0.15, 0.2) is 5.11 Å². The van der Waals surface area contributed by atoms with E-state index in [0.717, 1.165) is 22.7 Å². The minimum atomic E-state index is 0.164. The van der Waals surface area contributed by atoms with Gasteiger partial charge in [-0.25, -0.2) is 4.98 Å². The lowest BCUT2D eigenvalue weighted by atomic mass is 10.2. The molecule has 0 amide bonds. The number of anilines is 1. The number of aromatic nitrogens is 2. The maximum absolute atomic E-state index is 5.63. The van der Waals surface area contributed by atoms with Crippen molar-refractivity contribution in [1.29, 1.82) is 0 Å². The third-order valence-corrected chi connectivity index (χ3v) is 3.92. The van der Waals surface area contributed by atoms with Crippen LogP contribution in [0.25, 0.3) is 5.69 Å². The molecule has 0 aliphatic rings. The molecule has 0 radical (unpaired) electrons. The molecule has 0 aliphatic carbocycles. The average molecular weight is 366 g/mol. The van der Waals surface area contributed by atoms with Crippen LogP contribution in [-0.4, -0.2) is 20.8 Å². The van der Waals surface area contributed by atoms with Gasteiger partial charge in [0.05, 0.1) is 12.4 Å². The number of hydrogen-bond acceptors (Lipinski definition) is 3. The molecule has 1 heterocycles. The summed E-state index contributed by atoms with van der Waals surface area (Å²) in [5, 5.41) is 6.98. The topological polar surface area (TPSA) is 51.1 Å². The van der Waals surface area contributed by atoms with Crippen LogP contribution < -0.4 is 15.4 Å². The molecule has 2 aromatic carbocycles. The molecule has 3 aromatic rings. The fourth-order valence-corrected chi connectivity index (χ4v) is 2.63. The normalized spacial score (nSPS) is 10.6. The van der Waals surface area contributed by atoms with E-state index in [4.69, 9.17) is 17.0 Å². The lowest BCUT2D eigenvalue weighted by Gasteiger charge is -2.13. The van der Waals surface area contributed by atoms with Crippen molar-refractivity contribution >= 4 is 23.0 Å². The number of benzene rings is 2. The van der Waals surface area contributed by atoms with Crippen LogP contribution in [0, 0.1) is 0 Å². The summed E-state index contributed by atoms with van der Waals surface area (Å²) in [6.07, 6.45) is 5.63. The first-order valence-corrected chi connectivity index (χ1v) is 8.90. The van der Waals surface area contributed by atoms with Gasteiger partial charge < -0.3 is 19.9 Å². The van der Waals surface area contributed by atoms with Gasteiger partial charge in [0.25, 0.3) is 0 Å². The van der Waals surface area contributed by atoms with E-state index in [1.54, 1.807) is 12.5 Å². The zero-order chi connectivity index (χ0) is 18.4. The van der Waals surface area contributed by atoms with Gasteiger partial charge >= 0.3 is 0 Å². The van der Waals surface area contributed by atoms with Crippen molar-refractivity contribution in [1.82, 2.24) is 14.9 Å². The zero-order valence-corrected chi connectivity index (χ0v) is 15.7. The highest BCUT2D eigenvalue weighted by atomic mass is 32.1. The Balaban J connectivity index is 1.49. The van der Waals surface area contributed by atoms with Crippen LogP contribution in [0.5, 0.6) is 5.75 Å². The van der Waals surface area contributed by atoms with Gasteiger partial charge in [0.2, 0.25) is 0 Å². The molecule has 6 heteroatoms. The molecule has 0 atom stereocenters. The first kappa shape index (κ1) is 17.9. The van der Waals surface area contributed by atoms with Crippen LogP contribution >= 0.6 is 12.2 Å². The van der Waals surface area contributed by atoms with E-state index in [1.807, 2.05) is 48.9 Å². The first-order valence-electron chi connectivity index (χ1n) is 8.49. The zero-order valence-electron chi connectivity index (χ0n) is 14.8. The van der Waals surface area contributed by atoms with Gasteiger partial charge in [0, 0.05) is 30.3 Å². The van der Waals surface area contributed by atoms with Gasteiger partial charge in [-0.3, -0.25) is 0 Å². The molecule has 3 rings (SSSR count). The number of hydrogen-bond donors (Lipinski definition) is 2. The SMILES string of the molecule is CC(C)Oc1ccc(NC(=S)NCc2ccc(-n3ccnc3)cc2)cc1. The van der Waals surface area contributed by atoms with E-state index in [-0.39, 0.29) is 6.10 Å². The standard InChI is InChI=1S/C20H22N4OS/c1-15(2)25-19-9-5-17(6-10-19)23-20(26)22-13-16-3-7-18(8-4-16)24-12-11-21-14-24/h3-12,14-15H,13H2,1-2H3,(H2,22,23,26). The van der Waals surface area contributed by atoms with Gasteiger partial charge in [-0.15, -0.1) is 0 Å². The molecule has 0 saturated carbocycles. The van der Waals surface area contributed by atoms with Crippen LogP contribution in [0.3, 0.4) is 0 Å². The second kappa shape index (κ2) is 8.49. The van der Waals surface area contributed by atoms with E-state index in [9.17, 15) is 0 Å². The van der Waals surface area contributed by atoms with Crippen molar-refractivity contribution in [3.63, 3.8) is 0 Å². The Hall–Kier alpha value is -2.86. The van der Waals surface area contributed by atoms with E-state index in [0.29, 0.717) is 11.7 Å². The van der Waals surface area contributed by atoms with E-state index >= 15 is 0 Å². The molecule has 0 fully saturated rings. The number of nitrogens with one attached hydrogen (secondary N) is 2. The summed E-state index contributed by atoms with van der Waals surface area (Å²) in [6, 6.07) is 16.0. The number of ether oxygens (including phenoxy) is 1. The highest BCUT2D eigenvalue weighted by Crippen LogP contribution is 2.17. The lowest BCUT2D eigenvalue weighted by molar-refractivity contribution is 0.242. The van der Waals surface area contributed by atoms with E-state index < -0.39 is 0 Å². The molecule has 134 valence electrons. The monoisotopic (exact) mass is 366 g/mol. The average Bonchev–Trinajstić information content (AvgIpc) is 3.16. The summed E-state index contributed by atoms with van der Waals surface area (Å²) < 4.78 is 7.60. The predicted octanol–water partition coefficient (Wildman–Crippen LogP) is 4.15. The Labute approximate surface area is 159 Å². The predicted molar refractivity (Wildman–Crippen MR) is 109 cm³/mol. The van der Waals surface area contributed by atoms with Crippen LogP contribution in [0.2, 0.25) is 0 Å². The Morgan fingerprint density at radius 3 is 2.46 bits per heavy atom. The summed E-state index contributed by atoms with van der Waals surface area (Å²) in [7, 11) is 0. The van der Waals surface area contributed by atoms with Crippen molar-refractivity contribution in [3.8, 4) is 11.4 Å². The summed E-state index contributed by atoms with van der Waals surface area (Å²) in [5.74, 6) is 0.849. The molecule has 0 saturated heterocycles. The Morgan fingerprint density at radius 1 is 1.12 bits per heavy atom. The van der Waals surface area contributed by atoms with Crippen LogP contribution in [0.1, 0.15) is 19.4 Å². The van der Waals surface area contributed by atoms with Gasteiger partial charge in [-0.1, -0.05) is 12.1 Å². The van der Waals surface area contributed by atoms with E-state index in [1.165, 1.54) is 0 Å². The van der Waals surface area contributed by atoms with Crippen molar-refractivity contribution in [3.05, 3.63) is 72.8 Å². The molecule has 26 heavy (non-hydrogen) atoms. The van der Waals surface area contributed by atoms with Crippen molar-refractivity contribution in [2.45, 2.75) is 26.5 Å².